The van der Waals surface area contributed by atoms with Gasteiger partial charge in [-0.2, -0.15) is 5.10 Å². The van der Waals surface area contributed by atoms with E-state index in [1.54, 1.807) is 18.2 Å². The van der Waals surface area contributed by atoms with Crippen LogP contribution in [-0.2, 0) is 11.3 Å². The molecule has 2 aliphatic rings. The van der Waals surface area contributed by atoms with Gasteiger partial charge in [0.2, 0.25) is 0 Å². The minimum absolute atomic E-state index is 0.0197. The highest BCUT2D eigenvalue weighted by atomic mass is 16.5. The number of hydrogen-bond donors (Lipinski definition) is 4. The Labute approximate surface area is 214 Å². The van der Waals surface area contributed by atoms with E-state index < -0.39 is 5.91 Å². The SMILES string of the molecule is CC1(N)CCC(C)(CNC(=O)c2cc(C(=O)NCc3ccc4c(c3)NC(=O)CO4)nc3ccnn23)CC1. The molecule has 0 spiro atoms. The maximum atomic E-state index is 13.2. The highest BCUT2D eigenvalue weighted by Gasteiger charge is 2.35. The zero-order valence-electron chi connectivity index (χ0n) is 21.0. The van der Waals surface area contributed by atoms with Crippen LogP contribution in [0.5, 0.6) is 5.75 Å². The summed E-state index contributed by atoms with van der Waals surface area (Å²) < 4.78 is 6.80. The van der Waals surface area contributed by atoms with Crippen molar-refractivity contribution in [2.75, 3.05) is 18.5 Å². The van der Waals surface area contributed by atoms with Crippen LogP contribution in [0.15, 0.2) is 36.5 Å². The minimum atomic E-state index is -0.433. The molecule has 11 heteroatoms. The number of rotatable bonds is 6. The fourth-order valence-corrected chi connectivity index (χ4v) is 4.69. The molecule has 1 saturated carbocycles. The molecule has 0 saturated heterocycles. The lowest BCUT2D eigenvalue weighted by atomic mass is 9.69. The first-order valence-corrected chi connectivity index (χ1v) is 12.4. The summed E-state index contributed by atoms with van der Waals surface area (Å²) in [7, 11) is 0. The number of ether oxygens (including phenoxy) is 1. The Morgan fingerprint density at radius 2 is 1.89 bits per heavy atom. The predicted octanol–water partition coefficient (Wildman–Crippen LogP) is 2.02. The third kappa shape index (κ3) is 5.41. The molecular weight excluding hydrogens is 474 g/mol. The van der Waals surface area contributed by atoms with E-state index in [2.05, 4.69) is 39.9 Å². The van der Waals surface area contributed by atoms with Crippen molar-refractivity contribution in [3.05, 3.63) is 53.5 Å². The molecule has 3 amide bonds. The number of fused-ring (bicyclic) bond motifs is 2. The summed E-state index contributed by atoms with van der Waals surface area (Å²) in [6.45, 7) is 4.92. The number of nitrogens with one attached hydrogen (secondary N) is 3. The molecule has 1 aromatic carbocycles. The summed E-state index contributed by atoms with van der Waals surface area (Å²) >= 11 is 0. The first-order valence-electron chi connectivity index (χ1n) is 12.4. The number of nitrogens with zero attached hydrogens (tertiary/aromatic N) is 3. The summed E-state index contributed by atoms with van der Waals surface area (Å²) in [5, 5.41) is 12.8. The normalized spacial score (nSPS) is 23.1. The van der Waals surface area contributed by atoms with Gasteiger partial charge in [0.25, 0.3) is 17.7 Å². The average molecular weight is 506 g/mol. The van der Waals surface area contributed by atoms with Crippen LogP contribution in [0, 0.1) is 5.41 Å². The Morgan fingerprint density at radius 1 is 1.11 bits per heavy atom. The van der Waals surface area contributed by atoms with Gasteiger partial charge in [0.15, 0.2) is 12.3 Å². The molecule has 194 valence electrons. The van der Waals surface area contributed by atoms with Crippen molar-refractivity contribution >= 4 is 29.1 Å². The first-order chi connectivity index (χ1) is 17.6. The zero-order valence-corrected chi connectivity index (χ0v) is 21.0. The summed E-state index contributed by atoms with van der Waals surface area (Å²) in [6.07, 6.45) is 5.21. The van der Waals surface area contributed by atoms with Crippen molar-refractivity contribution in [1.29, 1.82) is 0 Å². The number of nitrogens with two attached hydrogens (primary N) is 1. The van der Waals surface area contributed by atoms with Gasteiger partial charge in [-0.1, -0.05) is 13.0 Å². The van der Waals surface area contributed by atoms with E-state index in [0.29, 0.717) is 23.6 Å². The van der Waals surface area contributed by atoms with E-state index in [1.165, 1.54) is 16.8 Å². The van der Waals surface area contributed by atoms with E-state index in [4.69, 9.17) is 10.5 Å². The van der Waals surface area contributed by atoms with Crippen LogP contribution >= 0.6 is 0 Å². The summed E-state index contributed by atoms with van der Waals surface area (Å²) in [5.41, 5.74) is 8.15. The lowest BCUT2D eigenvalue weighted by Gasteiger charge is -2.41. The monoisotopic (exact) mass is 505 g/mol. The Balaban J connectivity index is 1.28. The second-order valence-electron chi connectivity index (χ2n) is 10.6. The van der Waals surface area contributed by atoms with E-state index in [9.17, 15) is 14.4 Å². The van der Waals surface area contributed by atoms with Gasteiger partial charge in [-0.05, 0) is 55.7 Å². The number of amides is 3. The topological polar surface area (TPSA) is 153 Å². The van der Waals surface area contributed by atoms with E-state index in [0.717, 1.165) is 31.2 Å². The Kier molecular flexibility index (Phi) is 6.32. The van der Waals surface area contributed by atoms with E-state index >= 15 is 0 Å². The Bertz CT molecular complexity index is 1370. The van der Waals surface area contributed by atoms with Crippen molar-refractivity contribution in [1.82, 2.24) is 25.2 Å². The highest BCUT2D eigenvalue weighted by Crippen LogP contribution is 2.39. The molecule has 5 N–H and O–H groups in total. The van der Waals surface area contributed by atoms with Crippen LogP contribution in [0.25, 0.3) is 5.65 Å². The molecule has 11 nitrogen and oxygen atoms in total. The molecule has 0 atom stereocenters. The van der Waals surface area contributed by atoms with Crippen LogP contribution in [0.2, 0.25) is 0 Å². The molecule has 0 unspecified atom stereocenters. The van der Waals surface area contributed by atoms with Gasteiger partial charge in [0, 0.05) is 30.8 Å². The summed E-state index contributed by atoms with van der Waals surface area (Å²) in [6, 6.07) is 8.40. The zero-order chi connectivity index (χ0) is 26.2. The summed E-state index contributed by atoms with van der Waals surface area (Å²) in [5.74, 6) is -0.402. The lowest BCUT2D eigenvalue weighted by Crippen LogP contribution is -2.46. The quantitative estimate of drug-likeness (QED) is 0.400. The largest absolute Gasteiger partial charge is 0.482 e. The fourth-order valence-electron chi connectivity index (χ4n) is 4.69. The molecule has 1 aliphatic carbocycles. The van der Waals surface area contributed by atoms with Crippen LogP contribution in [-0.4, -0.2) is 51.0 Å². The third-order valence-corrected chi connectivity index (χ3v) is 7.23. The molecule has 2 aromatic heterocycles. The molecule has 3 heterocycles. The van der Waals surface area contributed by atoms with Crippen LogP contribution in [0.4, 0.5) is 5.69 Å². The number of carbonyl (C=O) groups excluding carboxylic acids is 3. The molecule has 5 rings (SSSR count). The number of anilines is 1. The Hall–Kier alpha value is -3.99. The molecule has 1 aliphatic heterocycles. The van der Waals surface area contributed by atoms with Gasteiger partial charge in [0.1, 0.15) is 17.1 Å². The van der Waals surface area contributed by atoms with Gasteiger partial charge in [-0.25, -0.2) is 9.50 Å². The van der Waals surface area contributed by atoms with Gasteiger partial charge >= 0.3 is 0 Å². The molecule has 3 aromatic rings. The number of benzene rings is 1. The molecular formula is C26H31N7O4. The second-order valence-corrected chi connectivity index (χ2v) is 10.6. The fraction of sp³-hybridized carbons (Fsp3) is 0.423. The van der Waals surface area contributed by atoms with Crippen LogP contribution < -0.4 is 26.4 Å². The van der Waals surface area contributed by atoms with E-state index in [-0.39, 0.29) is 47.3 Å². The third-order valence-electron chi connectivity index (χ3n) is 7.23. The van der Waals surface area contributed by atoms with Crippen LogP contribution in [0.1, 0.15) is 66.1 Å². The van der Waals surface area contributed by atoms with Gasteiger partial charge in [-0.3, -0.25) is 14.4 Å². The maximum Gasteiger partial charge on any atom is 0.270 e. The van der Waals surface area contributed by atoms with Gasteiger partial charge in [-0.15, -0.1) is 0 Å². The standard InChI is InChI=1S/C26H31N7O4/c1-25(6-8-26(2,27)9-7-25)15-29-24(36)19-12-18(31-21-5-10-30-33(19)21)23(35)28-13-16-3-4-20-17(11-16)32-22(34)14-37-20/h3-5,10-12H,6-9,13-15,27H2,1-2H3,(H,28,35)(H,29,36)(H,32,34). The number of hydrogen-bond acceptors (Lipinski definition) is 7. The molecule has 37 heavy (non-hydrogen) atoms. The van der Waals surface area contributed by atoms with Crippen molar-refractivity contribution in [3.8, 4) is 5.75 Å². The minimum Gasteiger partial charge on any atom is -0.482 e. The molecule has 1 fully saturated rings. The molecule has 0 bridgehead atoms. The van der Waals surface area contributed by atoms with Crippen molar-refractivity contribution in [2.24, 2.45) is 11.1 Å². The number of carbonyl (C=O) groups is 3. The lowest BCUT2D eigenvalue weighted by molar-refractivity contribution is -0.118. The van der Waals surface area contributed by atoms with E-state index in [1.807, 2.05) is 6.07 Å². The molecule has 0 radical (unpaired) electrons. The smallest absolute Gasteiger partial charge is 0.270 e. The average Bonchev–Trinajstić information content (AvgIpc) is 3.36. The predicted molar refractivity (Wildman–Crippen MR) is 136 cm³/mol. The van der Waals surface area contributed by atoms with Gasteiger partial charge < -0.3 is 26.4 Å². The van der Waals surface area contributed by atoms with Crippen molar-refractivity contribution in [2.45, 2.75) is 51.6 Å². The second kappa shape index (κ2) is 9.47. The number of aromatic nitrogens is 3. The summed E-state index contributed by atoms with van der Waals surface area (Å²) in [4.78, 5) is 42.1. The van der Waals surface area contributed by atoms with Crippen LogP contribution in [0.3, 0.4) is 0 Å². The Morgan fingerprint density at radius 3 is 2.68 bits per heavy atom. The maximum absolute atomic E-state index is 13.2. The van der Waals surface area contributed by atoms with Gasteiger partial charge in [0.05, 0.1) is 11.9 Å². The first kappa shape index (κ1) is 24.7. The highest BCUT2D eigenvalue weighted by molar-refractivity contribution is 5.98. The van der Waals surface area contributed by atoms with Crippen molar-refractivity contribution < 1.29 is 19.1 Å². The van der Waals surface area contributed by atoms with Crippen molar-refractivity contribution in [3.63, 3.8) is 0 Å².